The zero-order valence-corrected chi connectivity index (χ0v) is 27.6. The van der Waals surface area contributed by atoms with Crippen molar-refractivity contribution < 1.29 is 28.9 Å². The first kappa shape index (κ1) is 37.6. The lowest BCUT2D eigenvalue weighted by Gasteiger charge is -2.15. The number of ether oxygens (including phenoxy) is 3. The number of carbonyl (C=O) groups excluding carboxylic acids is 2. The fourth-order valence-corrected chi connectivity index (χ4v) is 4.60. The van der Waals surface area contributed by atoms with Crippen LogP contribution in [0.15, 0.2) is 79.0 Å². The monoisotopic (exact) mass is 621 g/mol. The number of epoxide rings is 1. The van der Waals surface area contributed by atoms with Gasteiger partial charge in [0.2, 0.25) is 6.29 Å². The number of nitrogens with one attached hydrogen (secondary N) is 1. The molecule has 2 rings (SSSR count). The van der Waals surface area contributed by atoms with Gasteiger partial charge in [-0.3, -0.25) is 4.79 Å². The van der Waals surface area contributed by atoms with Gasteiger partial charge in [0.15, 0.2) is 6.23 Å². The van der Waals surface area contributed by atoms with E-state index in [1.807, 2.05) is 0 Å². The van der Waals surface area contributed by atoms with Crippen LogP contribution in [-0.4, -0.2) is 35.7 Å². The van der Waals surface area contributed by atoms with E-state index >= 15 is 0 Å². The highest BCUT2D eigenvalue weighted by Crippen LogP contribution is 2.31. The number of anilines is 1. The number of unbranched alkanes of at least 4 members (excludes halogenated alkanes) is 5. The molecule has 1 fully saturated rings. The van der Waals surface area contributed by atoms with Crippen LogP contribution in [0.3, 0.4) is 0 Å². The van der Waals surface area contributed by atoms with E-state index in [0.29, 0.717) is 12.1 Å². The lowest BCUT2D eigenvalue weighted by molar-refractivity contribution is -0.165. The molecular weight excluding hydrogens is 566 g/mol. The number of allylic oxidation sites excluding steroid dienone is 10. The minimum absolute atomic E-state index is 0.00180. The minimum atomic E-state index is -1.05. The molecule has 1 aromatic carbocycles. The van der Waals surface area contributed by atoms with E-state index in [9.17, 15) is 14.7 Å². The van der Waals surface area contributed by atoms with Crippen LogP contribution in [0.4, 0.5) is 5.69 Å². The van der Waals surface area contributed by atoms with Crippen molar-refractivity contribution in [2.75, 3.05) is 5.32 Å². The number of carbonyl (C=O) groups is 2. The van der Waals surface area contributed by atoms with Crippen molar-refractivity contribution in [3.8, 4) is 5.75 Å². The molecule has 0 amide bonds. The SMILES string of the molecule is CC/C=C\C/C=C\C/C=C\C/C=C\C/C=C\CCCC1OC1Nc1ccc(O)c(C(=O)OC(C)OC(=O)CCCCCCC)c1. The summed E-state index contributed by atoms with van der Waals surface area (Å²) in [6.45, 7) is 5.78. The molecule has 7 nitrogen and oxygen atoms in total. The molecule has 2 N–H and O–H groups in total. The Morgan fingerprint density at radius 2 is 1.47 bits per heavy atom. The van der Waals surface area contributed by atoms with Crippen molar-refractivity contribution in [2.45, 2.75) is 129 Å². The highest BCUT2D eigenvalue weighted by atomic mass is 16.7. The summed E-state index contributed by atoms with van der Waals surface area (Å²) in [5.74, 6) is -1.36. The summed E-state index contributed by atoms with van der Waals surface area (Å²) >= 11 is 0. The molecule has 1 aliphatic heterocycles. The van der Waals surface area contributed by atoms with Crippen LogP contribution in [0.25, 0.3) is 0 Å². The molecule has 3 unspecified atom stereocenters. The quantitative estimate of drug-likeness (QED) is 0.0296. The van der Waals surface area contributed by atoms with Crippen molar-refractivity contribution in [1.82, 2.24) is 0 Å². The van der Waals surface area contributed by atoms with Crippen LogP contribution in [0.1, 0.15) is 121 Å². The van der Waals surface area contributed by atoms with E-state index in [4.69, 9.17) is 14.2 Å². The normalized spacial score (nSPS) is 17.2. The van der Waals surface area contributed by atoms with E-state index in [2.05, 4.69) is 79.9 Å². The Labute approximate surface area is 271 Å². The maximum Gasteiger partial charge on any atom is 0.345 e. The molecule has 0 saturated carbocycles. The molecule has 7 heteroatoms. The van der Waals surface area contributed by atoms with Crippen molar-refractivity contribution in [3.63, 3.8) is 0 Å². The van der Waals surface area contributed by atoms with Crippen LogP contribution in [0.2, 0.25) is 0 Å². The van der Waals surface area contributed by atoms with E-state index in [1.165, 1.54) is 19.1 Å². The molecule has 3 atom stereocenters. The predicted molar refractivity (Wildman–Crippen MR) is 183 cm³/mol. The summed E-state index contributed by atoms with van der Waals surface area (Å²) in [6.07, 6.45) is 34.3. The Morgan fingerprint density at radius 1 is 0.844 bits per heavy atom. The Morgan fingerprint density at radius 3 is 2.11 bits per heavy atom. The van der Waals surface area contributed by atoms with Crippen LogP contribution in [0.5, 0.6) is 5.75 Å². The molecule has 1 aromatic rings. The first-order valence-corrected chi connectivity index (χ1v) is 16.8. The number of hydrogen-bond donors (Lipinski definition) is 2. The van der Waals surface area contributed by atoms with Gasteiger partial charge in [-0.25, -0.2) is 4.79 Å². The molecule has 0 bridgehead atoms. The maximum atomic E-state index is 12.6. The lowest BCUT2D eigenvalue weighted by atomic mass is 10.1. The Balaban J connectivity index is 1.59. The fourth-order valence-electron chi connectivity index (χ4n) is 4.60. The largest absolute Gasteiger partial charge is 0.507 e. The summed E-state index contributed by atoms with van der Waals surface area (Å²) in [5, 5.41) is 13.5. The number of aromatic hydroxyl groups is 1. The zero-order chi connectivity index (χ0) is 32.5. The maximum absolute atomic E-state index is 12.6. The highest BCUT2D eigenvalue weighted by molar-refractivity contribution is 5.93. The molecule has 0 aromatic heterocycles. The third kappa shape index (κ3) is 18.1. The summed E-state index contributed by atoms with van der Waals surface area (Å²) in [7, 11) is 0. The number of esters is 2. The van der Waals surface area contributed by atoms with Gasteiger partial charge in [0.05, 0.1) is 0 Å². The summed E-state index contributed by atoms with van der Waals surface area (Å²) in [6, 6.07) is 4.64. The lowest BCUT2D eigenvalue weighted by Crippen LogP contribution is -2.22. The molecule has 1 aliphatic rings. The van der Waals surface area contributed by atoms with Crippen molar-refractivity contribution in [1.29, 1.82) is 0 Å². The first-order valence-electron chi connectivity index (χ1n) is 16.8. The van der Waals surface area contributed by atoms with Gasteiger partial charge in [-0.2, -0.15) is 0 Å². The molecule has 1 heterocycles. The summed E-state index contributed by atoms with van der Waals surface area (Å²) < 4.78 is 16.2. The zero-order valence-electron chi connectivity index (χ0n) is 27.6. The number of rotatable bonds is 24. The van der Waals surface area contributed by atoms with Gasteiger partial charge in [0, 0.05) is 19.0 Å². The number of phenolic OH excluding ortho intramolecular Hbond substituents is 1. The average Bonchev–Trinajstić information content (AvgIpc) is 3.76. The van der Waals surface area contributed by atoms with Gasteiger partial charge in [0.1, 0.15) is 17.4 Å². The molecule has 248 valence electrons. The Hall–Kier alpha value is -3.58. The van der Waals surface area contributed by atoms with E-state index in [0.717, 1.165) is 83.5 Å². The minimum Gasteiger partial charge on any atom is -0.507 e. The second-order valence-corrected chi connectivity index (χ2v) is 11.2. The Bertz CT molecular complexity index is 1140. The third-order valence-corrected chi connectivity index (χ3v) is 7.18. The fraction of sp³-hybridized carbons (Fsp3) is 0.526. The van der Waals surface area contributed by atoms with Crippen LogP contribution in [-0.2, 0) is 19.0 Å². The van der Waals surface area contributed by atoms with Crippen molar-refractivity contribution >= 4 is 17.6 Å². The van der Waals surface area contributed by atoms with Crippen molar-refractivity contribution in [2.24, 2.45) is 0 Å². The van der Waals surface area contributed by atoms with Crippen molar-refractivity contribution in [3.05, 3.63) is 84.5 Å². The van der Waals surface area contributed by atoms with E-state index < -0.39 is 18.2 Å². The van der Waals surface area contributed by atoms with Gasteiger partial charge >= 0.3 is 11.9 Å². The summed E-state index contributed by atoms with van der Waals surface area (Å²) in [5.41, 5.74) is 0.639. The molecule has 0 radical (unpaired) electrons. The highest BCUT2D eigenvalue weighted by Gasteiger charge is 2.38. The van der Waals surface area contributed by atoms with Crippen LogP contribution < -0.4 is 5.32 Å². The second kappa shape index (κ2) is 23.8. The van der Waals surface area contributed by atoms with Gasteiger partial charge in [-0.05, 0) is 76.0 Å². The van der Waals surface area contributed by atoms with E-state index in [1.54, 1.807) is 6.07 Å². The van der Waals surface area contributed by atoms with Crippen LogP contribution in [0, 0.1) is 0 Å². The molecule has 0 spiro atoms. The number of phenols is 1. The smallest absolute Gasteiger partial charge is 0.345 e. The molecular formula is C38H55NO6. The average molecular weight is 622 g/mol. The molecule has 45 heavy (non-hydrogen) atoms. The predicted octanol–water partition coefficient (Wildman–Crippen LogP) is 9.86. The van der Waals surface area contributed by atoms with Gasteiger partial charge in [-0.1, -0.05) is 100 Å². The topological polar surface area (TPSA) is 97.4 Å². The number of benzene rings is 1. The third-order valence-electron chi connectivity index (χ3n) is 7.18. The first-order chi connectivity index (χ1) is 21.9. The molecule has 0 aliphatic carbocycles. The number of hydrogen-bond acceptors (Lipinski definition) is 7. The van der Waals surface area contributed by atoms with Gasteiger partial charge in [-0.15, -0.1) is 0 Å². The Kier molecular flexibility index (Phi) is 19.9. The summed E-state index contributed by atoms with van der Waals surface area (Å²) in [4.78, 5) is 24.7. The standard InChI is InChI=1S/C38H55NO6/c1-4-6-8-10-11-12-13-14-15-16-17-18-19-20-21-23-24-26-35-37(45-35)39-32-28-29-34(40)33(30-32)38(42)44-31(3)43-36(41)27-25-22-9-7-5-2/h6,8,11-12,14-15,17-18,20-21,28-31,35,37,39-40H,4-5,7,9-10,13,16,19,22-27H2,1-3H3/b8-6-,12-11-,15-14-,18-17-,21-20-. The van der Waals surface area contributed by atoms with E-state index in [-0.39, 0.29) is 23.6 Å². The van der Waals surface area contributed by atoms with Crippen LogP contribution >= 0.6 is 0 Å². The second-order valence-electron chi connectivity index (χ2n) is 11.2. The van der Waals surface area contributed by atoms with Gasteiger partial charge < -0.3 is 24.6 Å². The van der Waals surface area contributed by atoms with Gasteiger partial charge in [0.25, 0.3) is 0 Å². The molecule has 1 saturated heterocycles.